The minimum atomic E-state index is -3.83. The van der Waals surface area contributed by atoms with Gasteiger partial charge in [0, 0.05) is 29.5 Å². The number of aromatic nitrogens is 1. The van der Waals surface area contributed by atoms with Gasteiger partial charge in [-0.2, -0.15) is 0 Å². The Balaban J connectivity index is 3.09. The smallest absolute Gasteiger partial charge is 0.268 e. The molecule has 20 heavy (non-hydrogen) atoms. The first-order valence-corrected chi connectivity index (χ1v) is 8.93. The van der Waals surface area contributed by atoms with E-state index in [1.807, 2.05) is 27.7 Å². The zero-order valence-corrected chi connectivity index (χ0v) is 13.8. The molecule has 0 saturated heterocycles. The van der Waals surface area contributed by atoms with Crippen molar-refractivity contribution < 1.29 is 13.2 Å². The number of rotatable bonds is 6. The van der Waals surface area contributed by atoms with Gasteiger partial charge in [0.2, 0.25) is 0 Å². The summed E-state index contributed by atoms with van der Waals surface area (Å²) < 4.78 is 24.4. The highest BCUT2D eigenvalue weighted by Gasteiger charge is 2.21. The van der Waals surface area contributed by atoms with Crippen LogP contribution in [0.1, 0.15) is 44.6 Å². The molecule has 1 rings (SSSR count). The molecule has 1 unspecified atom stereocenters. The van der Waals surface area contributed by atoms with Gasteiger partial charge in [-0.3, -0.25) is 4.79 Å². The van der Waals surface area contributed by atoms with Crippen LogP contribution in [0, 0.1) is 5.92 Å². The first kappa shape index (κ1) is 17.0. The number of nitrogens with one attached hydrogen (secondary N) is 1. The van der Waals surface area contributed by atoms with Crippen molar-refractivity contribution >= 4 is 25.6 Å². The first-order chi connectivity index (χ1) is 9.16. The minimum absolute atomic E-state index is 0.00327. The van der Waals surface area contributed by atoms with E-state index in [-0.39, 0.29) is 16.8 Å². The number of aryl methyl sites for hydroxylation is 1. The van der Waals surface area contributed by atoms with Crippen molar-refractivity contribution in [3.63, 3.8) is 0 Å². The molecule has 1 aromatic rings. The fraction of sp³-hybridized carbons (Fsp3) is 0.615. The topological polar surface area (TPSA) is 68.2 Å². The number of halogens is 1. The standard InChI is InChI=1S/C13H21ClN2O3S/c1-5-6-16-8-11(20(14,18)19)7-12(16)13(17)15-10(4)9(2)3/h7-10H,5-6H2,1-4H3,(H,15,17). The van der Waals surface area contributed by atoms with Crippen molar-refractivity contribution in [2.45, 2.75) is 51.6 Å². The van der Waals surface area contributed by atoms with Gasteiger partial charge in [0.25, 0.3) is 15.0 Å². The first-order valence-electron chi connectivity index (χ1n) is 6.62. The highest BCUT2D eigenvalue weighted by Crippen LogP contribution is 2.19. The Bertz CT molecular complexity index is 578. The van der Waals surface area contributed by atoms with E-state index in [0.29, 0.717) is 18.2 Å². The summed E-state index contributed by atoms with van der Waals surface area (Å²) in [5, 5.41) is 2.86. The molecule has 7 heteroatoms. The predicted octanol–water partition coefficient (Wildman–Crippen LogP) is 2.60. The molecule has 0 bridgehead atoms. The lowest BCUT2D eigenvalue weighted by Gasteiger charge is -2.18. The zero-order chi connectivity index (χ0) is 15.5. The molecule has 0 aliphatic heterocycles. The van der Waals surface area contributed by atoms with Gasteiger partial charge in [-0.15, -0.1) is 0 Å². The van der Waals surface area contributed by atoms with E-state index in [9.17, 15) is 13.2 Å². The van der Waals surface area contributed by atoms with Gasteiger partial charge in [0.05, 0.1) is 0 Å². The van der Waals surface area contributed by atoms with Crippen molar-refractivity contribution in [2.24, 2.45) is 5.92 Å². The Hall–Kier alpha value is -1.01. The van der Waals surface area contributed by atoms with Crippen LogP contribution in [0.15, 0.2) is 17.2 Å². The second-order valence-corrected chi connectivity index (χ2v) is 7.76. The molecule has 0 fully saturated rings. The van der Waals surface area contributed by atoms with Crippen LogP contribution in [-0.4, -0.2) is 24.9 Å². The Labute approximate surface area is 124 Å². The second kappa shape index (κ2) is 6.63. The maximum Gasteiger partial charge on any atom is 0.268 e. The van der Waals surface area contributed by atoms with E-state index in [1.165, 1.54) is 12.3 Å². The van der Waals surface area contributed by atoms with Crippen LogP contribution in [0.3, 0.4) is 0 Å². The number of nitrogens with zero attached hydrogens (tertiary/aromatic N) is 1. The van der Waals surface area contributed by atoms with Crippen molar-refractivity contribution in [1.82, 2.24) is 9.88 Å². The lowest BCUT2D eigenvalue weighted by Crippen LogP contribution is -2.37. The quantitative estimate of drug-likeness (QED) is 0.819. The molecule has 1 aromatic heterocycles. The number of amides is 1. The molecule has 0 saturated carbocycles. The number of carbonyl (C=O) groups is 1. The van der Waals surface area contributed by atoms with E-state index in [4.69, 9.17) is 10.7 Å². The van der Waals surface area contributed by atoms with E-state index in [0.717, 1.165) is 6.42 Å². The maximum atomic E-state index is 12.2. The third kappa shape index (κ3) is 4.24. The highest BCUT2D eigenvalue weighted by atomic mass is 35.7. The molecule has 0 aliphatic carbocycles. The summed E-state index contributed by atoms with van der Waals surface area (Å²) in [7, 11) is 1.50. The Morgan fingerprint density at radius 1 is 1.40 bits per heavy atom. The summed E-state index contributed by atoms with van der Waals surface area (Å²) in [4.78, 5) is 12.2. The number of hydrogen-bond donors (Lipinski definition) is 1. The molecule has 1 N–H and O–H groups in total. The molecule has 1 heterocycles. The Morgan fingerprint density at radius 2 is 2.00 bits per heavy atom. The largest absolute Gasteiger partial charge is 0.348 e. The lowest BCUT2D eigenvalue weighted by atomic mass is 10.1. The zero-order valence-electron chi connectivity index (χ0n) is 12.2. The van der Waals surface area contributed by atoms with Crippen LogP contribution < -0.4 is 5.32 Å². The summed E-state index contributed by atoms with van der Waals surface area (Å²) in [6, 6.07) is 1.32. The number of carbonyl (C=O) groups excluding carboxylic acids is 1. The lowest BCUT2D eigenvalue weighted by molar-refractivity contribution is 0.0921. The average molecular weight is 321 g/mol. The van der Waals surface area contributed by atoms with Crippen LogP contribution in [-0.2, 0) is 15.6 Å². The maximum absolute atomic E-state index is 12.2. The number of hydrogen-bond acceptors (Lipinski definition) is 3. The van der Waals surface area contributed by atoms with Crippen molar-refractivity contribution in [2.75, 3.05) is 0 Å². The summed E-state index contributed by atoms with van der Waals surface area (Å²) in [5.74, 6) is 0.0102. The third-order valence-corrected chi connectivity index (χ3v) is 4.53. The molecule has 0 spiro atoms. The monoisotopic (exact) mass is 320 g/mol. The Morgan fingerprint density at radius 3 is 2.45 bits per heavy atom. The molecule has 0 aromatic carbocycles. The van der Waals surface area contributed by atoms with Crippen molar-refractivity contribution in [3.8, 4) is 0 Å². The van der Waals surface area contributed by atoms with Gasteiger partial charge < -0.3 is 9.88 Å². The molecule has 1 amide bonds. The van der Waals surface area contributed by atoms with E-state index < -0.39 is 9.05 Å². The molecular formula is C13H21ClN2O3S. The average Bonchev–Trinajstić information content (AvgIpc) is 2.73. The van der Waals surface area contributed by atoms with Gasteiger partial charge >= 0.3 is 0 Å². The van der Waals surface area contributed by atoms with Gasteiger partial charge in [0.1, 0.15) is 10.6 Å². The van der Waals surface area contributed by atoms with Crippen LogP contribution in [0.2, 0.25) is 0 Å². The van der Waals surface area contributed by atoms with Crippen LogP contribution in [0.5, 0.6) is 0 Å². The van der Waals surface area contributed by atoms with Crippen molar-refractivity contribution in [3.05, 3.63) is 18.0 Å². The molecule has 1 atom stereocenters. The van der Waals surface area contributed by atoms with Gasteiger partial charge in [-0.1, -0.05) is 20.8 Å². The van der Waals surface area contributed by atoms with Crippen LogP contribution in [0.4, 0.5) is 0 Å². The predicted molar refractivity (Wildman–Crippen MR) is 79.5 cm³/mol. The summed E-state index contributed by atoms with van der Waals surface area (Å²) in [6.07, 6.45) is 2.19. The summed E-state index contributed by atoms with van der Waals surface area (Å²) in [5.41, 5.74) is 0.318. The van der Waals surface area contributed by atoms with Gasteiger partial charge in [-0.05, 0) is 25.3 Å². The highest BCUT2D eigenvalue weighted by molar-refractivity contribution is 8.13. The van der Waals surface area contributed by atoms with Gasteiger partial charge in [-0.25, -0.2) is 8.42 Å². The van der Waals surface area contributed by atoms with Crippen LogP contribution in [0.25, 0.3) is 0 Å². The molecular weight excluding hydrogens is 300 g/mol. The van der Waals surface area contributed by atoms with E-state index in [2.05, 4.69) is 5.32 Å². The fourth-order valence-electron chi connectivity index (χ4n) is 1.68. The molecule has 114 valence electrons. The van der Waals surface area contributed by atoms with Crippen LogP contribution >= 0.6 is 10.7 Å². The Kier molecular flexibility index (Phi) is 5.65. The molecule has 0 radical (unpaired) electrons. The summed E-state index contributed by atoms with van der Waals surface area (Å²) >= 11 is 0. The second-order valence-electron chi connectivity index (χ2n) is 5.20. The molecule has 5 nitrogen and oxygen atoms in total. The fourth-order valence-corrected chi connectivity index (χ4v) is 2.44. The van der Waals surface area contributed by atoms with Gasteiger partial charge in [0.15, 0.2) is 0 Å². The normalized spacial score (nSPS) is 13.5. The third-order valence-electron chi connectivity index (χ3n) is 3.21. The van der Waals surface area contributed by atoms with E-state index >= 15 is 0 Å². The van der Waals surface area contributed by atoms with Crippen molar-refractivity contribution in [1.29, 1.82) is 0 Å². The summed E-state index contributed by atoms with van der Waals surface area (Å²) in [6.45, 7) is 8.43. The minimum Gasteiger partial charge on any atom is -0.348 e. The SMILES string of the molecule is CCCn1cc(S(=O)(=O)Cl)cc1C(=O)NC(C)C(C)C. The van der Waals surface area contributed by atoms with E-state index in [1.54, 1.807) is 4.57 Å². The molecule has 0 aliphatic rings.